The van der Waals surface area contributed by atoms with Gasteiger partial charge in [-0.1, -0.05) is 30.0 Å². The zero-order valence-electron chi connectivity index (χ0n) is 12.9. The van der Waals surface area contributed by atoms with Crippen LogP contribution in [0.25, 0.3) is 0 Å². The predicted molar refractivity (Wildman–Crippen MR) is 92.7 cm³/mol. The van der Waals surface area contributed by atoms with E-state index in [0.29, 0.717) is 12.3 Å². The van der Waals surface area contributed by atoms with E-state index in [-0.39, 0.29) is 0 Å². The fraction of sp³-hybridized carbons (Fsp3) is 0.176. The predicted octanol–water partition coefficient (Wildman–Crippen LogP) is 4.36. The van der Waals surface area contributed by atoms with Gasteiger partial charge in [0, 0.05) is 9.79 Å². The van der Waals surface area contributed by atoms with Crippen molar-refractivity contribution < 1.29 is 9.53 Å². The van der Waals surface area contributed by atoms with E-state index in [2.05, 4.69) is 34.0 Å². The molecule has 23 heavy (non-hydrogen) atoms. The molecule has 1 amide bonds. The number of carbonyl (C=O) groups excluding carboxylic acids is 1. The number of anilines is 2. The Bertz CT molecular complexity index is 774. The molecule has 1 heterocycles. The molecule has 2 aromatic carbocycles. The van der Waals surface area contributed by atoms with Crippen molar-refractivity contribution in [3.05, 3.63) is 48.0 Å². The molecule has 6 heteroatoms. The number of hydrogen-bond donors (Lipinski definition) is 2. The quantitative estimate of drug-likeness (QED) is 0.554. The van der Waals surface area contributed by atoms with Gasteiger partial charge in [0.2, 0.25) is 0 Å². The number of para-hydroxylation sites is 1. The minimum Gasteiger partial charge on any atom is -0.449 e. The van der Waals surface area contributed by atoms with Gasteiger partial charge in [0.25, 0.3) is 0 Å². The maximum absolute atomic E-state index is 11.3. The summed E-state index contributed by atoms with van der Waals surface area (Å²) in [7, 11) is 0. The van der Waals surface area contributed by atoms with Crippen LogP contribution in [-0.2, 0) is 4.74 Å². The Hall–Kier alpha value is -2.47. The first-order chi connectivity index (χ1) is 11.2. The Morgan fingerprint density at radius 2 is 2.00 bits per heavy atom. The second kappa shape index (κ2) is 6.75. The van der Waals surface area contributed by atoms with E-state index in [1.165, 1.54) is 9.79 Å². The monoisotopic (exact) mass is 327 g/mol. The molecule has 3 rings (SSSR count). The molecule has 0 saturated heterocycles. The van der Waals surface area contributed by atoms with Crippen molar-refractivity contribution in [2.45, 2.75) is 23.6 Å². The van der Waals surface area contributed by atoms with E-state index in [4.69, 9.17) is 4.74 Å². The lowest BCUT2D eigenvalue weighted by atomic mass is 10.1. The Morgan fingerprint density at radius 1 is 1.22 bits per heavy atom. The molecule has 2 N–H and O–H groups in total. The minimum atomic E-state index is -0.549. The summed E-state index contributed by atoms with van der Waals surface area (Å²) < 4.78 is 4.78. The third kappa shape index (κ3) is 3.48. The number of benzene rings is 2. The lowest BCUT2D eigenvalue weighted by Crippen LogP contribution is -2.20. The zero-order valence-corrected chi connectivity index (χ0v) is 13.7. The van der Waals surface area contributed by atoms with Crippen molar-refractivity contribution in [2.24, 2.45) is 5.10 Å². The molecule has 0 fully saturated rings. The van der Waals surface area contributed by atoms with E-state index in [9.17, 15) is 4.79 Å². The first kappa shape index (κ1) is 15.4. The lowest BCUT2D eigenvalue weighted by Gasteiger charge is -2.21. The van der Waals surface area contributed by atoms with Crippen LogP contribution in [0, 0.1) is 0 Å². The highest BCUT2D eigenvalue weighted by molar-refractivity contribution is 7.99. The van der Waals surface area contributed by atoms with E-state index in [1.807, 2.05) is 31.2 Å². The number of hydrazone groups is 1. The molecule has 0 atom stereocenters. The lowest BCUT2D eigenvalue weighted by molar-refractivity contribution is 0.152. The van der Waals surface area contributed by atoms with Gasteiger partial charge >= 0.3 is 6.09 Å². The number of ether oxygens (including phenoxy) is 1. The molecule has 2 aromatic rings. The van der Waals surface area contributed by atoms with Gasteiger partial charge in [0.15, 0.2) is 0 Å². The molecule has 1 aliphatic heterocycles. The highest BCUT2D eigenvalue weighted by Crippen LogP contribution is 2.44. The number of nitrogens with zero attached hydrogens (tertiary/aromatic N) is 1. The summed E-state index contributed by atoms with van der Waals surface area (Å²) in [5.74, 6) is 0. The van der Waals surface area contributed by atoms with Gasteiger partial charge < -0.3 is 10.1 Å². The third-order valence-electron chi connectivity index (χ3n) is 3.36. The van der Waals surface area contributed by atoms with E-state index in [0.717, 1.165) is 16.9 Å². The highest BCUT2D eigenvalue weighted by atomic mass is 32.2. The molecule has 118 valence electrons. The zero-order chi connectivity index (χ0) is 16.2. The molecule has 5 nitrogen and oxygen atoms in total. The summed E-state index contributed by atoms with van der Waals surface area (Å²) in [4.78, 5) is 13.7. The highest BCUT2D eigenvalue weighted by Gasteiger charge is 2.15. The van der Waals surface area contributed by atoms with E-state index < -0.39 is 6.09 Å². The fourth-order valence-corrected chi connectivity index (χ4v) is 3.19. The number of rotatable bonds is 3. The first-order valence-corrected chi connectivity index (χ1v) is 8.14. The van der Waals surface area contributed by atoms with Crippen LogP contribution in [0.5, 0.6) is 0 Å². The van der Waals surface area contributed by atoms with E-state index in [1.54, 1.807) is 18.7 Å². The molecule has 0 bridgehead atoms. The van der Waals surface area contributed by atoms with Crippen molar-refractivity contribution in [3.63, 3.8) is 0 Å². The van der Waals surface area contributed by atoms with Gasteiger partial charge in [0.1, 0.15) is 0 Å². The second-order valence-electron chi connectivity index (χ2n) is 4.96. The Balaban J connectivity index is 1.79. The Kier molecular flexibility index (Phi) is 4.52. The standard InChI is InChI=1S/C17H17N3O2S/c1-3-22-17(21)20-19-11(2)12-8-9-16-14(10-12)18-13-6-4-5-7-15(13)23-16/h4-10,18H,3H2,1-2H3,(H,20,21)/b19-11-. The minimum absolute atomic E-state index is 0.319. The molecular weight excluding hydrogens is 310 g/mol. The summed E-state index contributed by atoms with van der Waals surface area (Å²) in [6, 6.07) is 14.3. The Labute approximate surface area is 139 Å². The maximum atomic E-state index is 11.3. The van der Waals surface area contributed by atoms with Gasteiger partial charge in [0.05, 0.1) is 23.7 Å². The van der Waals surface area contributed by atoms with Crippen molar-refractivity contribution >= 4 is 34.9 Å². The number of fused-ring (bicyclic) bond motifs is 2. The van der Waals surface area contributed by atoms with Gasteiger partial charge in [-0.05, 0) is 43.7 Å². The van der Waals surface area contributed by atoms with Crippen LogP contribution in [0.3, 0.4) is 0 Å². The summed E-state index contributed by atoms with van der Waals surface area (Å²) in [6.45, 7) is 3.92. The van der Waals surface area contributed by atoms with Gasteiger partial charge in [-0.2, -0.15) is 5.10 Å². The van der Waals surface area contributed by atoms with Crippen LogP contribution in [0.15, 0.2) is 57.4 Å². The molecule has 0 unspecified atom stereocenters. The number of amides is 1. The molecule has 0 saturated carbocycles. The maximum Gasteiger partial charge on any atom is 0.427 e. The van der Waals surface area contributed by atoms with Crippen molar-refractivity contribution in [1.82, 2.24) is 5.43 Å². The molecule has 0 radical (unpaired) electrons. The van der Waals surface area contributed by atoms with Crippen molar-refractivity contribution in [1.29, 1.82) is 0 Å². The number of nitrogens with one attached hydrogen (secondary N) is 2. The molecule has 0 aromatic heterocycles. The smallest absolute Gasteiger partial charge is 0.427 e. The van der Waals surface area contributed by atoms with E-state index >= 15 is 0 Å². The van der Waals surface area contributed by atoms with Crippen LogP contribution in [-0.4, -0.2) is 18.4 Å². The average molecular weight is 327 g/mol. The van der Waals surface area contributed by atoms with Crippen LogP contribution in [0.2, 0.25) is 0 Å². The fourth-order valence-electron chi connectivity index (χ4n) is 2.22. The molecule has 0 spiro atoms. The van der Waals surface area contributed by atoms with Crippen LogP contribution >= 0.6 is 11.8 Å². The summed E-state index contributed by atoms with van der Waals surface area (Å²) in [6.07, 6.45) is -0.549. The van der Waals surface area contributed by atoms with Gasteiger partial charge in [-0.3, -0.25) is 0 Å². The van der Waals surface area contributed by atoms with Crippen molar-refractivity contribution in [3.8, 4) is 0 Å². The number of carbonyl (C=O) groups is 1. The first-order valence-electron chi connectivity index (χ1n) is 7.32. The number of hydrogen-bond acceptors (Lipinski definition) is 5. The summed E-state index contributed by atoms with van der Waals surface area (Å²) in [5, 5.41) is 7.50. The van der Waals surface area contributed by atoms with Crippen LogP contribution in [0.4, 0.5) is 16.2 Å². The van der Waals surface area contributed by atoms with Crippen LogP contribution < -0.4 is 10.7 Å². The van der Waals surface area contributed by atoms with Gasteiger partial charge in [-0.25, -0.2) is 10.2 Å². The largest absolute Gasteiger partial charge is 0.449 e. The SMILES string of the molecule is CCOC(=O)N/N=C(/C)c1ccc2c(c1)Nc1ccccc1S2. The topological polar surface area (TPSA) is 62.7 Å². The van der Waals surface area contributed by atoms with Gasteiger partial charge in [-0.15, -0.1) is 0 Å². The average Bonchev–Trinajstić information content (AvgIpc) is 2.57. The Morgan fingerprint density at radius 3 is 2.83 bits per heavy atom. The molecule has 0 aliphatic carbocycles. The molecule has 1 aliphatic rings. The van der Waals surface area contributed by atoms with Crippen LogP contribution in [0.1, 0.15) is 19.4 Å². The summed E-state index contributed by atoms with van der Waals surface area (Å²) in [5.41, 5.74) is 6.17. The van der Waals surface area contributed by atoms with Crippen molar-refractivity contribution in [2.75, 3.05) is 11.9 Å². The third-order valence-corrected chi connectivity index (χ3v) is 4.52. The second-order valence-corrected chi connectivity index (χ2v) is 6.05. The normalized spacial score (nSPS) is 12.7. The summed E-state index contributed by atoms with van der Waals surface area (Å²) >= 11 is 1.74. The molecular formula is C17H17N3O2S.